The minimum atomic E-state index is -0.448. The second-order valence-electron chi connectivity index (χ2n) is 3.54. The summed E-state index contributed by atoms with van der Waals surface area (Å²) in [6.45, 7) is 1.94. The van der Waals surface area contributed by atoms with E-state index in [1.807, 2.05) is 18.2 Å². The third-order valence-electron chi connectivity index (χ3n) is 2.28. The average Bonchev–Trinajstić information content (AvgIpc) is 2.63. The summed E-state index contributed by atoms with van der Waals surface area (Å²) >= 11 is 5.94. The molecule has 1 heterocycles. The van der Waals surface area contributed by atoms with Crippen LogP contribution < -0.4 is 0 Å². The minimum absolute atomic E-state index is 0.211. The lowest BCUT2D eigenvalue weighted by Gasteiger charge is -2.03. The van der Waals surface area contributed by atoms with Gasteiger partial charge in [-0.25, -0.2) is 0 Å². The summed E-state index contributed by atoms with van der Waals surface area (Å²) in [4.78, 5) is 16.3. The van der Waals surface area contributed by atoms with Gasteiger partial charge in [0, 0.05) is 10.6 Å². The van der Waals surface area contributed by atoms with Crippen LogP contribution in [0, 0.1) is 0 Å². The zero-order chi connectivity index (χ0) is 12.3. The number of carbonyl (C=O) groups excluding carboxylic acids is 1. The molecule has 0 saturated heterocycles. The normalized spacial score (nSPS) is 21.2. The number of hydrogen-bond donors (Lipinski definition) is 0. The number of rotatable bonds is 3. The highest BCUT2D eigenvalue weighted by Gasteiger charge is 2.25. The van der Waals surface area contributed by atoms with Gasteiger partial charge in [-0.15, -0.1) is 5.11 Å². The van der Waals surface area contributed by atoms with Gasteiger partial charge >= 0.3 is 5.91 Å². The molecule has 1 aromatic rings. The second kappa shape index (κ2) is 5.05. The molecule has 6 heteroatoms. The summed E-state index contributed by atoms with van der Waals surface area (Å²) in [5, 5.41) is 11.4. The van der Waals surface area contributed by atoms with Gasteiger partial charge in [-0.3, -0.25) is 4.79 Å². The molecule has 0 aliphatic carbocycles. The number of azo groups is 1. The van der Waals surface area contributed by atoms with Gasteiger partial charge in [0.1, 0.15) is 12.6 Å². The lowest BCUT2D eigenvalue weighted by molar-refractivity contribution is -0.112. The van der Waals surface area contributed by atoms with Crippen LogP contribution in [-0.4, -0.2) is 17.7 Å². The van der Waals surface area contributed by atoms with E-state index in [-0.39, 0.29) is 18.4 Å². The van der Waals surface area contributed by atoms with E-state index >= 15 is 0 Å². The number of halogens is 1. The van der Waals surface area contributed by atoms with E-state index in [1.165, 1.54) is 0 Å². The van der Waals surface area contributed by atoms with Crippen molar-refractivity contribution >= 4 is 23.2 Å². The highest BCUT2D eigenvalue weighted by atomic mass is 35.5. The van der Waals surface area contributed by atoms with Crippen LogP contribution in [0.2, 0.25) is 5.02 Å². The molecule has 1 aromatic carbocycles. The minimum Gasteiger partial charge on any atom is -0.390 e. The first kappa shape index (κ1) is 11.7. The molecule has 0 saturated carbocycles. The fourth-order valence-electron chi connectivity index (χ4n) is 1.33. The quantitative estimate of drug-likeness (QED) is 0.775. The molecule has 17 heavy (non-hydrogen) atoms. The zero-order valence-electron chi connectivity index (χ0n) is 9.13. The predicted octanol–water partition coefficient (Wildman–Crippen LogP) is 2.59. The number of nitrogens with zero attached hydrogens (tertiary/aromatic N) is 3. The first-order valence-corrected chi connectivity index (χ1v) is 5.44. The molecule has 1 amide bonds. The van der Waals surface area contributed by atoms with Gasteiger partial charge in [0.25, 0.3) is 0 Å². The van der Waals surface area contributed by atoms with E-state index in [2.05, 4.69) is 15.4 Å². The molecule has 88 valence electrons. The van der Waals surface area contributed by atoms with Gasteiger partial charge < -0.3 is 4.84 Å². The van der Waals surface area contributed by atoms with Crippen molar-refractivity contribution in [2.24, 2.45) is 15.4 Å². The fourth-order valence-corrected chi connectivity index (χ4v) is 1.52. The smallest absolute Gasteiger partial charge is 0.315 e. The summed E-state index contributed by atoms with van der Waals surface area (Å²) in [6.07, 6.45) is 0. The molecule has 1 aliphatic rings. The molecule has 0 fully saturated rings. The molecule has 0 bridgehead atoms. The molecule has 2 rings (SSSR count). The van der Waals surface area contributed by atoms with Crippen LogP contribution >= 0.6 is 11.6 Å². The maximum atomic E-state index is 11.2. The summed E-state index contributed by atoms with van der Waals surface area (Å²) in [5.74, 6) is -0.448. The van der Waals surface area contributed by atoms with Crippen LogP contribution in [0.1, 0.15) is 12.5 Å². The first-order valence-electron chi connectivity index (χ1n) is 5.07. The molecular formula is C11H10ClN3O2. The topological polar surface area (TPSA) is 63.4 Å². The van der Waals surface area contributed by atoms with Gasteiger partial charge in [-0.2, -0.15) is 5.11 Å². The van der Waals surface area contributed by atoms with E-state index in [0.717, 1.165) is 5.56 Å². The summed E-state index contributed by atoms with van der Waals surface area (Å²) < 4.78 is 0. The fraction of sp³-hybridized carbons (Fsp3) is 0.273. The average molecular weight is 252 g/mol. The Morgan fingerprint density at radius 3 is 2.88 bits per heavy atom. The molecule has 0 N–H and O–H groups in total. The molecular weight excluding hydrogens is 242 g/mol. The Morgan fingerprint density at radius 2 is 2.24 bits per heavy atom. The number of carbonyl (C=O) groups is 1. The summed E-state index contributed by atoms with van der Waals surface area (Å²) in [6, 6.07) is 6.94. The van der Waals surface area contributed by atoms with Crippen LogP contribution in [-0.2, 0) is 16.2 Å². The maximum absolute atomic E-state index is 11.2. The summed E-state index contributed by atoms with van der Waals surface area (Å²) in [5.41, 5.74) is 1.03. The number of oxime groups is 1. The Labute approximate surface area is 103 Å². The Balaban J connectivity index is 1.98. The highest BCUT2D eigenvalue weighted by Crippen LogP contribution is 2.16. The number of amides is 1. The Hall–Kier alpha value is -1.75. The van der Waals surface area contributed by atoms with Gasteiger partial charge in [-0.05, 0) is 13.0 Å². The van der Waals surface area contributed by atoms with E-state index in [1.54, 1.807) is 13.0 Å². The monoisotopic (exact) mass is 251 g/mol. The third-order valence-corrected chi connectivity index (χ3v) is 2.65. The van der Waals surface area contributed by atoms with Crippen molar-refractivity contribution in [2.75, 3.05) is 0 Å². The Bertz CT molecular complexity index is 499. The van der Waals surface area contributed by atoms with Crippen molar-refractivity contribution in [1.29, 1.82) is 0 Å². The van der Waals surface area contributed by atoms with Gasteiger partial charge in [-0.1, -0.05) is 35.0 Å². The summed E-state index contributed by atoms with van der Waals surface area (Å²) in [7, 11) is 0. The number of benzene rings is 1. The van der Waals surface area contributed by atoms with Crippen LogP contribution in [0.4, 0.5) is 0 Å². The van der Waals surface area contributed by atoms with E-state index in [9.17, 15) is 4.79 Å². The molecule has 0 spiro atoms. The lowest BCUT2D eigenvalue weighted by Crippen LogP contribution is -2.17. The van der Waals surface area contributed by atoms with Crippen molar-refractivity contribution in [3.8, 4) is 0 Å². The van der Waals surface area contributed by atoms with Crippen LogP contribution in [0.5, 0.6) is 0 Å². The standard InChI is InChI=1S/C11H10ClN3O2/c1-7-10(11(16)14-13-7)15-17-6-8-4-2-3-5-9(8)12/h2-5,7H,6H2,1H3. The van der Waals surface area contributed by atoms with Crippen LogP contribution in [0.25, 0.3) is 0 Å². The SMILES string of the molecule is CC1N=NC(=O)C1=NOCc1ccccc1Cl. The van der Waals surface area contributed by atoms with E-state index in [0.29, 0.717) is 5.02 Å². The van der Waals surface area contributed by atoms with Crippen molar-refractivity contribution < 1.29 is 9.63 Å². The van der Waals surface area contributed by atoms with E-state index < -0.39 is 5.91 Å². The molecule has 0 radical (unpaired) electrons. The highest BCUT2D eigenvalue weighted by molar-refractivity contribution is 6.42. The molecule has 5 nitrogen and oxygen atoms in total. The van der Waals surface area contributed by atoms with Crippen LogP contribution in [0.15, 0.2) is 39.6 Å². The molecule has 0 aromatic heterocycles. The molecule has 1 unspecified atom stereocenters. The molecule has 1 aliphatic heterocycles. The second-order valence-corrected chi connectivity index (χ2v) is 3.95. The van der Waals surface area contributed by atoms with Crippen molar-refractivity contribution in [2.45, 2.75) is 19.6 Å². The Morgan fingerprint density at radius 1 is 1.47 bits per heavy atom. The lowest BCUT2D eigenvalue weighted by atomic mass is 10.2. The first-order chi connectivity index (χ1) is 8.18. The van der Waals surface area contributed by atoms with Crippen molar-refractivity contribution in [3.63, 3.8) is 0 Å². The zero-order valence-corrected chi connectivity index (χ0v) is 9.89. The Kier molecular flexibility index (Phi) is 3.49. The largest absolute Gasteiger partial charge is 0.390 e. The van der Waals surface area contributed by atoms with E-state index in [4.69, 9.17) is 16.4 Å². The third kappa shape index (κ3) is 2.68. The van der Waals surface area contributed by atoms with Gasteiger partial charge in [0.05, 0.1) is 0 Å². The van der Waals surface area contributed by atoms with Gasteiger partial charge in [0.15, 0.2) is 5.71 Å². The molecule has 1 atom stereocenters. The predicted molar refractivity (Wildman–Crippen MR) is 63.0 cm³/mol. The van der Waals surface area contributed by atoms with Crippen molar-refractivity contribution in [3.05, 3.63) is 34.9 Å². The number of hydrogen-bond acceptors (Lipinski definition) is 4. The van der Waals surface area contributed by atoms with Crippen LogP contribution in [0.3, 0.4) is 0 Å². The maximum Gasteiger partial charge on any atom is 0.315 e. The van der Waals surface area contributed by atoms with Crippen molar-refractivity contribution in [1.82, 2.24) is 0 Å². The van der Waals surface area contributed by atoms with Gasteiger partial charge in [0.2, 0.25) is 0 Å².